The van der Waals surface area contributed by atoms with Crippen LogP contribution in [-0.4, -0.2) is 32.8 Å². The van der Waals surface area contributed by atoms with Crippen molar-refractivity contribution in [1.29, 1.82) is 0 Å². The van der Waals surface area contributed by atoms with Crippen LogP contribution in [0.3, 0.4) is 0 Å². The molecule has 1 rings (SSSR count). The molecule has 0 radical (unpaired) electrons. The van der Waals surface area contributed by atoms with Gasteiger partial charge in [-0.05, 0) is 25.0 Å². The van der Waals surface area contributed by atoms with Gasteiger partial charge in [-0.1, -0.05) is 19.1 Å². The van der Waals surface area contributed by atoms with Crippen LogP contribution < -0.4 is 15.8 Å². The maximum Gasteiger partial charge on any atom is 0.188 e. The summed E-state index contributed by atoms with van der Waals surface area (Å²) in [7, 11) is 1.69. The summed E-state index contributed by atoms with van der Waals surface area (Å²) in [6.07, 6.45) is 1.89. The molecule has 5 nitrogen and oxygen atoms in total. The Labute approximate surface area is 150 Å². The molecule has 0 fully saturated rings. The maximum atomic E-state index is 5.82. The summed E-state index contributed by atoms with van der Waals surface area (Å²) in [6, 6.07) is 6.13. The molecular weight excluding hydrogens is 393 g/mol. The molecule has 1 aromatic carbocycles. The van der Waals surface area contributed by atoms with Crippen LogP contribution in [0.2, 0.25) is 0 Å². The van der Waals surface area contributed by atoms with Crippen molar-refractivity contribution in [3.8, 4) is 5.75 Å². The van der Waals surface area contributed by atoms with Gasteiger partial charge in [-0.3, -0.25) is 0 Å². The number of halogens is 1. The molecule has 0 bridgehead atoms. The summed E-state index contributed by atoms with van der Waals surface area (Å²) in [5.41, 5.74) is 8.02. The highest BCUT2D eigenvalue weighted by molar-refractivity contribution is 14.0. The Hall–Kier alpha value is -1.02. The Balaban J connectivity index is 0.00000441. The number of nitrogens with one attached hydrogen (secondary N) is 1. The Morgan fingerprint density at radius 1 is 1.32 bits per heavy atom. The summed E-state index contributed by atoms with van der Waals surface area (Å²) in [6.45, 7) is 6.83. The largest absolute Gasteiger partial charge is 0.493 e. The first-order valence-electron chi connectivity index (χ1n) is 7.42. The van der Waals surface area contributed by atoms with E-state index in [1.807, 2.05) is 19.1 Å². The maximum absolute atomic E-state index is 5.82. The number of methoxy groups -OCH3 is 1. The van der Waals surface area contributed by atoms with Gasteiger partial charge in [0.25, 0.3) is 0 Å². The number of ether oxygens (including phenoxy) is 2. The second-order valence-electron chi connectivity index (χ2n) is 4.93. The topological polar surface area (TPSA) is 68.9 Å². The standard InChI is InChI=1S/C16H27N3O2.HI/c1-4-8-18-16(17)19-12-14-7-6-13(2)11-15(14)21-10-5-9-20-3;/h6-7,11H,4-5,8-10,12H2,1-3H3,(H3,17,18,19);1H. The third-order valence-electron chi connectivity index (χ3n) is 2.95. The third kappa shape index (κ3) is 8.43. The number of hydrogen-bond donors (Lipinski definition) is 2. The van der Waals surface area contributed by atoms with Gasteiger partial charge in [-0.15, -0.1) is 24.0 Å². The van der Waals surface area contributed by atoms with E-state index in [0.717, 1.165) is 30.7 Å². The van der Waals surface area contributed by atoms with Crippen LogP contribution in [0.1, 0.15) is 30.9 Å². The minimum Gasteiger partial charge on any atom is -0.493 e. The van der Waals surface area contributed by atoms with E-state index in [-0.39, 0.29) is 24.0 Å². The molecule has 0 saturated carbocycles. The quantitative estimate of drug-likeness (QED) is 0.279. The molecule has 0 amide bonds. The van der Waals surface area contributed by atoms with Crippen LogP contribution in [0, 0.1) is 6.92 Å². The highest BCUT2D eigenvalue weighted by Gasteiger charge is 2.04. The van der Waals surface area contributed by atoms with Gasteiger partial charge in [0.15, 0.2) is 5.96 Å². The van der Waals surface area contributed by atoms with Gasteiger partial charge >= 0.3 is 0 Å². The Morgan fingerprint density at radius 2 is 2.09 bits per heavy atom. The highest BCUT2D eigenvalue weighted by atomic mass is 127. The van der Waals surface area contributed by atoms with Gasteiger partial charge in [0.1, 0.15) is 5.75 Å². The third-order valence-corrected chi connectivity index (χ3v) is 2.95. The van der Waals surface area contributed by atoms with Gasteiger partial charge in [-0.25, -0.2) is 4.99 Å². The van der Waals surface area contributed by atoms with Crippen molar-refractivity contribution in [2.45, 2.75) is 33.2 Å². The lowest BCUT2D eigenvalue weighted by Crippen LogP contribution is -2.32. The van der Waals surface area contributed by atoms with Crippen molar-refractivity contribution in [3.63, 3.8) is 0 Å². The lowest BCUT2D eigenvalue weighted by molar-refractivity contribution is 0.172. The van der Waals surface area contributed by atoms with E-state index in [2.05, 4.69) is 23.3 Å². The van der Waals surface area contributed by atoms with Crippen molar-refractivity contribution in [3.05, 3.63) is 29.3 Å². The molecule has 3 N–H and O–H groups in total. The van der Waals surface area contributed by atoms with Crippen molar-refractivity contribution in [2.75, 3.05) is 26.9 Å². The van der Waals surface area contributed by atoms with Crippen LogP contribution in [-0.2, 0) is 11.3 Å². The first-order chi connectivity index (χ1) is 10.2. The Bertz CT molecular complexity index is 453. The van der Waals surface area contributed by atoms with E-state index in [1.165, 1.54) is 5.56 Å². The minimum absolute atomic E-state index is 0. The number of nitrogens with two attached hydrogens (primary N) is 1. The zero-order chi connectivity index (χ0) is 15.5. The number of nitrogens with zero attached hydrogens (tertiary/aromatic N) is 1. The van der Waals surface area contributed by atoms with E-state index in [0.29, 0.717) is 25.7 Å². The number of guanidine groups is 1. The average molecular weight is 421 g/mol. The van der Waals surface area contributed by atoms with E-state index in [9.17, 15) is 0 Å². The van der Waals surface area contributed by atoms with Crippen LogP contribution >= 0.6 is 24.0 Å². The SMILES string of the molecule is CCCNC(N)=NCc1ccc(C)cc1OCCCOC.I. The number of aryl methyl sites for hydroxylation is 1. The lowest BCUT2D eigenvalue weighted by atomic mass is 10.1. The molecule has 126 valence electrons. The van der Waals surface area contributed by atoms with Crippen molar-refractivity contribution in [1.82, 2.24) is 5.32 Å². The molecule has 0 aliphatic carbocycles. The first kappa shape index (κ1) is 21.0. The molecular formula is C16H28IN3O2. The molecule has 0 heterocycles. The predicted molar refractivity (Wildman–Crippen MR) is 102 cm³/mol. The normalized spacial score (nSPS) is 11.0. The van der Waals surface area contributed by atoms with Crippen molar-refractivity contribution in [2.24, 2.45) is 10.7 Å². The second-order valence-corrected chi connectivity index (χ2v) is 4.93. The van der Waals surface area contributed by atoms with Gasteiger partial charge in [0.2, 0.25) is 0 Å². The number of rotatable bonds is 9. The van der Waals surface area contributed by atoms with Gasteiger partial charge < -0.3 is 20.5 Å². The fraction of sp³-hybridized carbons (Fsp3) is 0.562. The molecule has 0 aliphatic heterocycles. The smallest absolute Gasteiger partial charge is 0.188 e. The molecule has 1 aromatic rings. The van der Waals surface area contributed by atoms with Crippen LogP contribution in [0.4, 0.5) is 0 Å². The van der Waals surface area contributed by atoms with Crippen molar-refractivity contribution < 1.29 is 9.47 Å². The first-order valence-corrected chi connectivity index (χ1v) is 7.42. The zero-order valence-electron chi connectivity index (χ0n) is 13.7. The van der Waals surface area contributed by atoms with Crippen molar-refractivity contribution >= 4 is 29.9 Å². The van der Waals surface area contributed by atoms with E-state index < -0.39 is 0 Å². The van der Waals surface area contributed by atoms with Crippen LogP contribution in [0.15, 0.2) is 23.2 Å². The molecule has 22 heavy (non-hydrogen) atoms. The summed E-state index contributed by atoms with van der Waals surface area (Å²) in [5, 5.41) is 3.06. The highest BCUT2D eigenvalue weighted by Crippen LogP contribution is 2.21. The molecule has 0 saturated heterocycles. The van der Waals surface area contributed by atoms with E-state index >= 15 is 0 Å². The average Bonchev–Trinajstić information content (AvgIpc) is 2.48. The minimum atomic E-state index is 0. The molecule has 0 spiro atoms. The van der Waals surface area contributed by atoms with Gasteiger partial charge in [0.05, 0.1) is 13.2 Å². The summed E-state index contributed by atoms with van der Waals surface area (Å²) < 4.78 is 10.8. The zero-order valence-corrected chi connectivity index (χ0v) is 16.1. The Morgan fingerprint density at radius 3 is 2.77 bits per heavy atom. The molecule has 0 atom stereocenters. The molecule has 6 heteroatoms. The number of aliphatic imine (C=N–C) groups is 1. The number of hydrogen-bond acceptors (Lipinski definition) is 3. The monoisotopic (exact) mass is 421 g/mol. The number of benzene rings is 1. The van der Waals surface area contributed by atoms with Gasteiger partial charge in [0, 0.05) is 32.2 Å². The van der Waals surface area contributed by atoms with E-state index in [1.54, 1.807) is 7.11 Å². The fourth-order valence-corrected chi connectivity index (χ4v) is 1.79. The van der Waals surface area contributed by atoms with E-state index in [4.69, 9.17) is 15.2 Å². The lowest BCUT2D eigenvalue weighted by Gasteiger charge is -2.11. The molecule has 0 aliphatic rings. The predicted octanol–water partition coefficient (Wildman–Crippen LogP) is 2.84. The molecule has 0 aromatic heterocycles. The summed E-state index contributed by atoms with van der Waals surface area (Å²) >= 11 is 0. The van der Waals surface area contributed by atoms with Crippen LogP contribution in [0.5, 0.6) is 5.75 Å². The molecule has 0 unspecified atom stereocenters. The fourth-order valence-electron chi connectivity index (χ4n) is 1.79. The Kier molecular flexibility index (Phi) is 11.9. The van der Waals surface area contributed by atoms with Gasteiger partial charge in [-0.2, -0.15) is 0 Å². The van der Waals surface area contributed by atoms with Crippen LogP contribution in [0.25, 0.3) is 0 Å². The second kappa shape index (κ2) is 12.5. The summed E-state index contributed by atoms with van der Waals surface area (Å²) in [5.74, 6) is 1.35. The summed E-state index contributed by atoms with van der Waals surface area (Å²) in [4.78, 5) is 4.35.